The monoisotopic (exact) mass is 224 g/mol. The van der Waals surface area contributed by atoms with Crippen molar-refractivity contribution in [3.8, 4) is 0 Å². The average molecular weight is 224 g/mol. The standard InChI is InChI=1S/C15H16N2/c1-11-6-8-16-10-14(11)15-13-5-3-2-4-12(13)7-9-17-15/h2-6,8,10,15,17H,7,9H2,1H3. The molecule has 0 radical (unpaired) electrons. The molecule has 0 amide bonds. The third-order valence-corrected chi connectivity index (χ3v) is 3.50. The Labute approximate surface area is 102 Å². The van der Waals surface area contributed by atoms with E-state index >= 15 is 0 Å². The largest absolute Gasteiger partial charge is 0.306 e. The fourth-order valence-corrected chi connectivity index (χ4v) is 2.56. The van der Waals surface area contributed by atoms with E-state index in [1.807, 2.05) is 12.4 Å². The van der Waals surface area contributed by atoms with E-state index in [1.54, 1.807) is 0 Å². The van der Waals surface area contributed by atoms with Gasteiger partial charge < -0.3 is 5.32 Å². The van der Waals surface area contributed by atoms with E-state index in [0.717, 1.165) is 13.0 Å². The van der Waals surface area contributed by atoms with Crippen LogP contribution in [0.2, 0.25) is 0 Å². The Morgan fingerprint density at radius 3 is 2.94 bits per heavy atom. The van der Waals surface area contributed by atoms with Gasteiger partial charge in [0.1, 0.15) is 0 Å². The van der Waals surface area contributed by atoms with Crippen molar-refractivity contribution in [1.82, 2.24) is 10.3 Å². The number of benzene rings is 1. The molecule has 0 aliphatic carbocycles. The molecule has 1 atom stereocenters. The van der Waals surface area contributed by atoms with Gasteiger partial charge in [-0.3, -0.25) is 4.98 Å². The normalized spacial score (nSPS) is 18.8. The molecule has 1 aliphatic heterocycles. The van der Waals surface area contributed by atoms with E-state index in [1.165, 1.54) is 22.3 Å². The lowest BCUT2D eigenvalue weighted by atomic mass is 9.89. The number of fused-ring (bicyclic) bond motifs is 1. The van der Waals surface area contributed by atoms with E-state index in [4.69, 9.17) is 0 Å². The highest BCUT2D eigenvalue weighted by Gasteiger charge is 2.21. The fourth-order valence-electron chi connectivity index (χ4n) is 2.56. The molecule has 2 heterocycles. The second-order valence-corrected chi connectivity index (χ2v) is 4.57. The van der Waals surface area contributed by atoms with Crippen LogP contribution in [0.4, 0.5) is 0 Å². The van der Waals surface area contributed by atoms with E-state index in [2.05, 4.69) is 47.6 Å². The number of hydrogen-bond acceptors (Lipinski definition) is 2. The summed E-state index contributed by atoms with van der Waals surface area (Å²) in [6, 6.07) is 11.1. The van der Waals surface area contributed by atoms with Crippen molar-refractivity contribution in [3.63, 3.8) is 0 Å². The van der Waals surface area contributed by atoms with Gasteiger partial charge in [0.05, 0.1) is 6.04 Å². The molecule has 1 unspecified atom stereocenters. The summed E-state index contributed by atoms with van der Waals surface area (Å²) in [5.41, 5.74) is 5.45. The van der Waals surface area contributed by atoms with Crippen molar-refractivity contribution in [2.75, 3.05) is 6.54 Å². The molecule has 0 spiro atoms. The van der Waals surface area contributed by atoms with Gasteiger partial charge in [0.15, 0.2) is 0 Å². The SMILES string of the molecule is Cc1ccncc1C1NCCc2ccccc21. The van der Waals surface area contributed by atoms with Gasteiger partial charge in [-0.15, -0.1) is 0 Å². The van der Waals surface area contributed by atoms with Gasteiger partial charge >= 0.3 is 0 Å². The van der Waals surface area contributed by atoms with Gasteiger partial charge in [0.25, 0.3) is 0 Å². The molecule has 0 fully saturated rings. The molecular weight excluding hydrogens is 208 g/mol. The number of rotatable bonds is 1. The molecule has 2 aromatic rings. The summed E-state index contributed by atoms with van der Waals surface area (Å²) in [4.78, 5) is 4.25. The first-order chi connectivity index (χ1) is 8.36. The van der Waals surface area contributed by atoms with Crippen LogP contribution in [0, 0.1) is 6.92 Å². The highest BCUT2D eigenvalue weighted by molar-refractivity contribution is 5.41. The molecule has 1 N–H and O–H groups in total. The van der Waals surface area contributed by atoms with Gasteiger partial charge in [-0.05, 0) is 41.7 Å². The van der Waals surface area contributed by atoms with Crippen LogP contribution in [0.5, 0.6) is 0 Å². The maximum Gasteiger partial charge on any atom is 0.0597 e. The van der Waals surface area contributed by atoms with Crippen LogP contribution in [0.25, 0.3) is 0 Å². The van der Waals surface area contributed by atoms with Crippen molar-refractivity contribution in [3.05, 3.63) is 65.0 Å². The molecule has 1 aromatic heterocycles. The van der Waals surface area contributed by atoms with Gasteiger partial charge in [-0.2, -0.15) is 0 Å². The van der Waals surface area contributed by atoms with Crippen molar-refractivity contribution >= 4 is 0 Å². The van der Waals surface area contributed by atoms with Gasteiger partial charge in [0, 0.05) is 18.9 Å². The Bertz CT molecular complexity index is 534. The van der Waals surface area contributed by atoms with Crippen molar-refractivity contribution in [2.45, 2.75) is 19.4 Å². The smallest absolute Gasteiger partial charge is 0.0597 e. The summed E-state index contributed by atoms with van der Waals surface area (Å²) in [6.45, 7) is 3.19. The zero-order valence-electron chi connectivity index (χ0n) is 9.98. The maximum absolute atomic E-state index is 4.25. The number of aromatic nitrogens is 1. The first-order valence-electron chi connectivity index (χ1n) is 6.08. The summed E-state index contributed by atoms with van der Waals surface area (Å²) < 4.78 is 0. The molecule has 1 aliphatic rings. The summed E-state index contributed by atoms with van der Waals surface area (Å²) in [7, 11) is 0. The van der Waals surface area contributed by atoms with Gasteiger partial charge in [-0.1, -0.05) is 24.3 Å². The first kappa shape index (κ1) is 10.5. The highest BCUT2D eigenvalue weighted by Crippen LogP contribution is 2.29. The quantitative estimate of drug-likeness (QED) is 0.805. The molecule has 3 rings (SSSR count). The molecule has 0 saturated carbocycles. The van der Waals surface area contributed by atoms with Crippen molar-refractivity contribution in [1.29, 1.82) is 0 Å². The van der Waals surface area contributed by atoms with Gasteiger partial charge in [-0.25, -0.2) is 0 Å². The Balaban J connectivity index is 2.09. The number of nitrogens with one attached hydrogen (secondary N) is 1. The van der Waals surface area contributed by atoms with Crippen molar-refractivity contribution < 1.29 is 0 Å². The molecule has 17 heavy (non-hydrogen) atoms. The summed E-state index contributed by atoms with van der Waals surface area (Å²) in [5, 5.41) is 3.59. The molecule has 86 valence electrons. The number of hydrogen-bond donors (Lipinski definition) is 1. The maximum atomic E-state index is 4.25. The lowest BCUT2D eigenvalue weighted by molar-refractivity contribution is 0.564. The number of pyridine rings is 1. The third kappa shape index (κ3) is 1.85. The Hall–Kier alpha value is -1.67. The third-order valence-electron chi connectivity index (χ3n) is 3.50. The molecule has 1 aromatic carbocycles. The second kappa shape index (κ2) is 4.30. The average Bonchev–Trinajstić information content (AvgIpc) is 2.39. The Morgan fingerprint density at radius 2 is 2.06 bits per heavy atom. The van der Waals surface area contributed by atoms with Crippen LogP contribution < -0.4 is 5.32 Å². The number of aryl methyl sites for hydroxylation is 1. The van der Waals surface area contributed by atoms with E-state index < -0.39 is 0 Å². The second-order valence-electron chi connectivity index (χ2n) is 4.57. The molecule has 2 nitrogen and oxygen atoms in total. The number of nitrogens with zero attached hydrogens (tertiary/aromatic N) is 1. The van der Waals surface area contributed by atoms with Crippen LogP contribution >= 0.6 is 0 Å². The van der Waals surface area contributed by atoms with Crippen LogP contribution in [-0.2, 0) is 6.42 Å². The minimum absolute atomic E-state index is 0.300. The first-order valence-corrected chi connectivity index (χ1v) is 6.08. The minimum atomic E-state index is 0.300. The van der Waals surface area contributed by atoms with E-state index in [9.17, 15) is 0 Å². The van der Waals surface area contributed by atoms with Crippen LogP contribution in [0.1, 0.15) is 28.3 Å². The lowest BCUT2D eigenvalue weighted by Gasteiger charge is -2.28. The van der Waals surface area contributed by atoms with Crippen LogP contribution in [0.15, 0.2) is 42.7 Å². The molecular formula is C15H16N2. The molecule has 0 bridgehead atoms. The topological polar surface area (TPSA) is 24.9 Å². The van der Waals surface area contributed by atoms with Crippen LogP contribution in [-0.4, -0.2) is 11.5 Å². The fraction of sp³-hybridized carbons (Fsp3) is 0.267. The predicted molar refractivity (Wildman–Crippen MR) is 69.0 cm³/mol. The van der Waals surface area contributed by atoms with Crippen molar-refractivity contribution in [2.24, 2.45) is 0 Å². The minimum Gasteiger partial charge on any atom is -0.306 e. The summed E-state index contributed by atoms with van der Waals surface area (Å²) in [5.74, 6) is 0. The predicted octanol–water partition coefficient (Wildman–Crippen LogP) is 2.63. The molecule has 2 heteroatoms. The Kier molecular flexibility index (Phi) is 2.65. The van der Waals surface area contributed by atoms with Crippen LogP contribution in [0.3, 0.4) is 0 Å². The zero-order chi connectivity index (χ0) is 11.7. The highest BCUT2D eigenvalue weighted by atomic mass is 14.9. The summed E-state index contributed by atoms with van der Waals surface area (Å²) in [6.07, 6.45) is 4.95. The lowest BCUT2D eigenvalue weighted by Crippen LogP contribution is -2.31. The Morgan fingerprint density at radius 1 is 1.18 bits per heavy atom. The summed E-state index contributed by atoms with van der Waals surface area (Å²) >= 11 is 0. The van der Waals surface area contributed by atoms with E-state index in [0.29, 0.717) is 6.04 Å². The van der Waals surface area contributed by atoms with E-state index in [-0.39, 0.29) is 0 Å². The zero-order valence-corrected chi connectivity index (χ0v) is 9.98. The molecule has 0 saturated heterocycles. The van der Waals surface area contributed by atoms with Gasteiger partial charge in [0.2, 0.25) is 0 Å².